The summed E-state index contributed by atoms with van der Waals surface area (Å²) in [6.07, 6.45) is -1.03. The minimum Gasteiger partial charge on any atom is -0.465 e. The standard InChI is InChI=1S/C15H21F2N3O3/c1-19(2)7-6-18-11-8-12(21)20(9-10(11)13(22)23-3)15(4-5-15)14(16)17/h8-9,14,18H,4-7H2,1-3H3. The van der Waals surface area contributed by atoms with Gasteiger partial charge in [0, 0.05) is 25.4 Å². The molecular weight excluding hydrogens is 308 g/mol. The minimum absolute atomic E-state index is 0.0813. The molecule has 0 radical (unpaired) electrons. The number of rotatable bonds is 7. The van der Waals surface area contributed by atoms with Crippen LogP contribution >= 0.6 is 0 Å². The van der Waals surface area contributed by atoms with Crippen LogP contribution in [0, 0.1) is 0 Å². The van der Waals surface area contributed by atoms with Crippen molar-refractivity contribution in [2.45, 2.75) is 24.8 Å². The van der Waals surface area contributed by atoms with Crippen molar-refractivity contribution in [1.82, 2.24) is 9.47 Å². The molecule has 1 aromatic rings. The maximum absolute atomic E-state index is 13.3. The normalized spacial score (nSPS) is 15.8. The zero-order chi connectivity index (χ0) is 17.2. The van der Waals surface area contributed by atoms with Gasteiger partial charge in [0.15, 0.2) is 0 Å². The van der Waals surface area contributed by atoms with Gasteiger partial charge in [-0.25, -0.2) is 13.6 Å². The number of alkyl halides is 2. The number of hydrogen-bond donors (Lipinski definition) is 1. The number of carbonyl (C=O) groups excluding carboxylic acids is 1. The van der Waals surface area contributed by atoms with Crippen LogP contribution in [0.3, 0.4) is 0 Å². The summed E-state index contributed by atoms with van der Waals surface area (Å²) in [6.45, 7) is 1.19. The molecule has 128 valence electrons. The highest BCUT2D eigenvalue weighted by Crippen LogP contribution is 2.47. The summed E-state index contributed by atoms with van der Waals surface area (Å²) in [5.41, 5.74) is -1.66. The number of ether oxygens (including phenoxy) is 1. The van der Waals surface area contributed by atoms with Gasteiger partial charge in [0.05, 0.1) is 18.4 Å². The lowest BCUT2D eigenvalue weighted by Crippen LogP contribution is -2.36. The fourth-order valence-electron chi connectivity index (χ4n) is 2.41. The number of nitrogens with one attached hydrogen (secondary N) is 1. The highest BCUT2D eigenvalue weighted by molar-refractivity contribution is 5.95. The molecule has 23 heavy (non-hydrogen) atoms. The van der Waals surface area contributed by atoms with Crippen molar-refractivity contribution in [3.05, 3.63) is 28.2 Å². The van der Waals surface area contributed by atoms with Crippen molar-refractivity contribution in [1.29, 1.82) is 0 Å². The smallest absolute Gasteiger partial charge is 0.341 e. The Bertz CT molecular complexity index is 639. The molecule has 6 nitrogen and oxygen atoms in total. The van der Waals surface area contributed by atoms with Gasteiger partial charge in [0.25, 0.3) is 12.0 Å². The highest BCUT2D eigenvalue weighted by atomic mass is 19.3. The van der Waals surface area contributed by atoms with Crippen molar-refractivity contribution < 1.29 is 18.3 Å². The molecule has 1 saturated carbocycles. The van der Waals surface area contributed by atoms with Gasteiger partial charge in [-0.2, -0.15) is 0 Å². The Labute approximate surface area is 133 Å². The quantitative estimate of drug-likeness (QED) is 0.766. The van der Waals surface area contributed by atoms with Crippen molar-refractivity contribution in [3.8, 4) is 0 Å². The van der Waals surface area contributed by atoms with Crippen LogP contribution in [0.15, 0.2) is 17.1 Å². The number of hydrogen-bond acceptors (Lipinski definition) is 5. The van der Waals surface area contributed by atoms with E-state index in [1.807, 2.05) is 19.0 Å². The number of halogens is 2. The molecule has 1 N–H and O–H groups in total. The lowest BCUT2D eigenvalue weighted by molar-refractivity contribution is 0.0580. The molecule has 1 fully saturated rings. The summed E-state index contributed by atoms with van der Waals surface area (Å²) in [5.74, 6) is -0.670. The first kappa shape index (κ1) is 17.4. The van der Waals surface area contributed by atoms with E-state index in [0.717, 1.165) is 4.57 Å². The van der Waals surface area contributed by atoms with Gasteiger partial charge in [0.1, 0.15) is 5.54 Å². The Hall–Kier alpha value is -1.96. The third kappa shape index (κ3) is 3.52. The van der Waals surface area contributed by atoms with Gasteiger partial charge in [0.2, 0.25) is 0 Å². The number of likely N-dealkylation sites (N-methyl/N-ethyl adjacent to an activating group) is 1. The molecule has 0 aliphatic heterocycles. The lowest BCUT2D eigenvalue weighted by atomic mass is 10.2. The Morgan fingerprint density at radius 1 is 1.48 bits per heavy atom. The molecule has 1 aromatic heterocycles. The molecular formula is C15H21F2N3O3. The van der Waals surface area contributed by atoms with Gasteiger partial charge in [-0.3, -0.25) is 4.79 Å². The Morgan fingerprint density at radius 2 is 2.13 bits per heavy atom. The maximum atomic E-state index is 13.3. The van der Waals surface area contributed by atoms with Crippen LogP contribution in [0.25, 0.3) is 0 Å². The van der Waals surface area contributed by atoms with Crippen molar-refractivity contribution in [2.75, 3.05) is 39.6 Å². The van der Waals surface area contributed by atoms with Gasteiger partial charge < -0.3 is 19.5 Å². The summed E-state index contributed by atoms with van der Waals surface area (Å²) in [6, 6.07) is 1.18. The summed E-state index contributed by atoms with van der Waals surface area (Å²) in [4.78, 5) is 26.1. The molecule has 0 saturated heterocycles. The van der Waals surface area contributed by atoms with Crippen molar-refractivity contribution >= 4 is 11.7 Å². The second-order valence-electron chi connectivity index (χ2n) is 5.93. The number of anilines is 1. The SMILES string of the molecule is COC(=O)c1cn(C2(C(F)F)CC2)c(=O)cc1NCCN(C)C. The van der Waals surface area contributed by atoms with E-state index in [4.69, 9.17) is 4.74 Å². The number of esters is 1. The van der Waals surface area contributed by atoms with Gasteiger partial charge in [-0.05, 0) is 26.9 Å². The average Bonchev–Trinajstić information content (AvgIpc) is 3.28. The molecule has 0 atom stereocenters. The fourth-order valence-corrected chi connectivity index (χ4v) is 2.41. The summed E-state index contributed by atoms with van der Waals surface area (Å²) in [5, 5.41) is 2.99. The monoisotopic (exact) mass is 329 g/mol. The van der Waals surface area contributed by atoms with Crippen LogP contribution in [0.2, 0.25) is 0 Å². The van der Waals surface area contributed by atoms with Crippen LogP contribution in [-0.2, 0) is 10.3 Å². The number of nitrogens with zero attached hydrogens (tertiary/aromatic N) is 2. The minimum atomic E-state index is -2.65. The van der Waals surface area contributed by atoms with Crippen molar-refractivity contribution in [2.24, 2.45) is 0 Å². The molecule has 0 spiro atoms. The van der Waals surface area contributed by atoms with Crippen LogP contribution < -0.4 is 10.9 Å². The van der Waals surface area contributed by atoms with Crippen LogP contribution in [0.1, 0.15) is 23.2 Å². The summed E-state index contributed by atoms with van der Waals surface area (Å²) >= 11 is 0. The zero-order valence-corrected chi connectivity index (χ0v) is 13.4. The van der Waals surface area contributed by atoms with E-state index in [0.29, 0.717) is 18.8 Å². The molecule has 0 amide bonds. The maximum Gasteiger partial charge on any atom is 0.341 e. The first-order chi connectivity index (χ1) is 10.8. The number of pyridine rings is 1. The second kappa shape index (κ2) is 6.66. The zero-order valence-electron chi connectivity index (χ0n) is 13.4. The highest BCUT2D eigenvalue weighted by Gasteiger charge is 2.53. The predicted octanol–water partition coefficient (Wildman–Crippen LogP) is 1.36. The van der Waals surface area contributed by atoms with E-state index in [1.54, 1.807) is 0 Å². The molecule has 8 heteroatoms. The van der Waals surface area contributed by atoms with Crippen molar-refractivity contribution in [3.63, 3.8) is 0 Å². The number of aromatic nitrogens is 1. The van der Waals surface area contributed by atoms with E-state index in [2.05, 4.69) is 5.32 Å². The summed E-state index contributed by atoms with van der Waals surface area (Å²) < 4.78 is 32.2. The Balaban J connectivity index is 2.38. The average molecular weight is 329 g/mol. The molecule has 1 heterocycles. The molecule has 1 aliphatic rings. The van der Waals surface area contributed by atoms with E-state index in [9.17, 15) is 18.4 Å². The molecule has 2 rings (SSSR count). The van der Waals surface area contributed by atoms with Crippen LogP contribution in [0.5, 0.6) is 0 Å². The lowest BCUT2D eigenvalue weighted by Gasteiger charge is -2.20. The third-order valence-corrected chi connectivity index (χ3v) is 3.98. The fraction of sp³-hybridized carbons (Fsp3) is 0.600. The first-order valence-corrected chi connectivity index (χ1v) is 7.34. The Morgan fingerprint density at radius 3 is 2.61 bits per heavy atom. The second-order valence-corrected chi connectivity index (χ2v) is 5.93. The molecule has 1 aliphatic carbocycles. The predicted molar refractivity (Wildman–Crippen MR) is 82.3 cm³/mol. The van der Waals surface area contributed by atoms with Crippen LogP contribution in [0.4, 0.5) is 14.5 Å². The number of methoxy groups -OCH3 is 1. The Kier molecular flexibility index (Phi) is 5.03. The molecule has 0 unspecified atom stereocenters. The number of carbonyl (C=O) groups is 1. The summed E-state index contributed by atoms with van der Waals surface area (Å²) in [7, 11) is 4.99. The first-order valence-electron chi connectivity index (χ1n) is 7.34. The third-order valence-electron chi connectivity index (χ3n) is 3.98. The van der Waals surface area contributed by atoms with Gasteiger partial charge in [-0.1, -0.05) is 0 Å². The van der Waals surface area contributed by atoms with Gasteiger partial charge >= 0.3 is 5.97 Å². The van der Waals surface area contributed by atoms with Gasteiger partial charge in [-0.15, -0.1) is 0 Å². The van der Waals surface area contributed by atoms with E-state index >= 15 is 0 Å². The largest absolute Gasteiger partial charge is 0.465 e. The van der Waals surface area contributed by atoms with E-state index in [1.165, 1.54) is 19.4 Å². The molecule has 0 aromatic carbocycles. The van der Waals surface area contributed by atoms with E-state index < -0.39 is 23.5 Å². The van der Waals surface area contributed by atoms with Crippen LogP contribution in [-0.4, -0.2) is 56.2 Å². The molecule has 0 bridgehead atoms. The topological polar surface area (TPSA) is 63.6 Å². The van der Waals surface area contributed by atoms with E-state index in [-0.39, 0.29) is 18.4 Å².